The van der Waals surface area contributed by atoms with Crippen LogP contribution in [0.25, 0.3) is 16.3 Å². The molecule has 8 nitrogen and oxygen atoms in total. The Bertz CT molecular complexity index is 1100. The van der Waals surface area contributed by atoms with E-state index in [1.54, 1.807) is 22.9 Å². The molecule has 132 valence electrons. The lowest BCUT2D eigenvalue weighted by Crippen LogP contribution is -2.14. The first-order chi connectivity index (χ1) is 12.7. The number of aromatic nitrogens is 4. The first-order valence-corrected chi connectivity index (χ1v) is 9.48. The molecule has 4 heterocycles. The fourth-order valence-corrected chi connectivity index (χ4v) is 3.64. The number of carbonyl (C=O) groups is 1. The molecule has 0 bridgehead atoms. The lowest BCUT2D eigenvalue weighted by Gasteiger charge is -2.03. The fourth-order valence-electron chi connectivity index (χ4n) is 2.26. The van der Waals surface area contributed by atoms with Crippen molar-refractivity contribution in [2.45, 2.75) is 19.4 Å². The Hall–Kier alpha value is -2.85. The van der Waals surface area contributed by atoms with E-state index in [4.69, 9.17) is 9.26 Å². The molecule has 0 N–H and O–H groups in total. The molecular formula is C16H12N4O4S2. The predicted molar refractivity (Wildman–Crippen MR) is 95.1 cm³/mol. The van der Waals surface area contributed by atoms with E-state index < -0.39 is 5.97 Å². The Balaban J connectivity index is 1.32. The Labute approximate surface area is 154 Å². The minimum absolute atomic E-state index is 0.0491. The third-order valence-electron chi connectivity index (χ3n) is 3.53. The number of aryl methyl sites for hydroxylation is 1. The van der Waals surface area contributed by atoms with Gasteiger partial charge in [-0.3, -0.25) is 14.0 Å². The fraction of sp³-hybridized carbons (Fsp3) is 0.188. The highest BCUT2D eigenvalue weighted by Gasteiger charge is 2.12. The first kappa shape index (κ1) is 16.6. The van der Waals surface area contributed by atoms with Gasteiger partial charge in [-0.25, -0.2) is 4.98 Å². The normalized spacial score (nSPS) is 11.1. The van der Waals surface area contributed by atoms with E-state index in [1.807, 2.05) is 16.8 Å². The number of nitrogens with zero attached hydrogens (tertiary/aromatic N) is 4. The van der Waals surface area contributed by atoms with Crippen molar-refractivity contribution in [1.82, 2.24) is 19.5 Å². The summed E-state index contributed by atoms with van der Waals surface area (Å²) in [7, 11) is 0. The summed E-state index contributed by atoms with van der Waals surface area (Å²) in [6.07, 6.45) is 2.04. The number of fused-ring (bicyclic) bond motifs is 1. The topological polar surface area (TPSA) is 99.6 Å². The third kappa shape index (κ3) is 3.55. The highest BCUT2D eigenvalue weighted by Crippen LogP contribution is 2.19. The third-order valence-corrected chi connectivity index (χ3v) is 4.97. The minimum Gasteiger partial charge on any atom is -0.459 e. The highest BCUT2D eigenvalue weighted by molar-refractivity contribution is 7.15. The molecule has 26 heavy (non-hydrogen) atoms. The molecule has 0 saturated heterocycles. The number of hydrogen-bond acceptors (Lipinski definition) is 9. The molecule has 10 heteroatoms. The van der Waals surface area contributed by atoms with Crippen LogP contribution >= 0.6 is 22.7 Å². The maximum atomic E-state index is 11.9. The van der Waals surface area contributed by atoms with Gasteiger partial charge in [0.1, 0.15) is 6.61 Å². The van der Waals surface area contributed by atoms with Crippen molar-refractivity contribution in [2.24, 2.45) is 0 Å². The van der Waals surface area contributed by atoms with Crippen molar-refractivity contribution in [3.05, 3.63) is 56.4 Å². The van der Waals surface area contributed by atoms with Crippen LogP contribution in [0.15, 0.2) is 43.8 Å². The zero-order chi connectivity index (χ0) is 17.9. The van der Waals surface area contributed by atoms with Gasteiger partial charge in [0.25, 0.3) is 5.56 Å². The van der Waals surface area contributed by atoms with Crippen LogP contribution in [-0.2, 0) is 22.6 Å². The molecule has 0 unspecified atom stereocenters. The van der Waals surface area contributed by atoms with Gasteiger partial charge in [0.15, 0.2) is 4.96 Å². The molecule has 0 aliphatic heterocycles. The van der Waals surface area contributed by atoms with Gasteiger partial charge in [-0.15, -0.1) is 11.3 Å². The standard InChI is InChI=1S/C16H12N4O4S2/c21-13-7-11(17-16-20(13)4-6-26-16)8-23-14(22)2-1-12-18-15(19-24-12)10-3-5-25-9-10/h3-7,9H,1-2,8H2. The average molecular weight is 388 g/mol. The van der Waals surface area contributed by atoms with Crippen LogP contribution in [0, 0.1) is 0 Å². The van der Waals surface area contributed by atoms with Gasteiger partial charge in [-0.1, -0.05) is 5.16 Å². The molecule has 4 aromatic rings. The summed E-state index contributed by atoms with van der Waals surface area (Å²) in [5.74, 6) is 0.455. The second-order valence-corrected chi connectivity index (χ2v) is 6.98. The molecule has 4 aromatic heterocycles. The highest BCUT2D eigenvalue weighted by atomic mass is 32.1. The lowest BCUT2D eigenvalue weighted by atomic mass is 10.3. The predicted octanol–water partition coefficient (Wildman–Crippen LogP) is 2.54. The number of esters is 1. The van der Waals surface area contributed by atoms with E-state index in [9.17, 15) is 9.59 Å². The number of thiazole rings is 1. The van der Waals surface area contributed by atoms with Crippen molar-refractivity contribution in [3.8, 4) is 11.4 Å². The van der Waals surface area contributed by atoms with E-state index >= 15 is 0 Å². The lowest BCUT2D eigenvalue weighted by molar-refractivity contribution is -0.145. The summed E-state index contributed by atoms with van der Waals surface area (Å²) in [5, 5.41) is 9.50. The average Bonchev–Trinajstić information content (AvgIpc) is 3.38. The van der Waals surface area contributed by atoms with Crippen LogP contribution in [-0.4, -0.2) is 25.5 Å². The Morgan fingerprint density at radius 1 is 1.31 bits per heavy atom. The van der Waals surface area contributed by atoms with Crippen molar-refractivity contribution in [1.29, 1.82) is 0 Å². The van der Waals surface area contributed by atoms with Crippen LogP contribution in [0.5, 0.6) is 0 Å². The van der Waals surface area contributed by atoms with Gasteiger partial charge in [0.2, 0.25) is 11.7 Å². The summed E-state index contributed by atoms with van der Waals surface area (Å²) in [6, 6.07) is 3.26. The van der Waals surface area contributed by atoms with Crippen LogP contribution < -0.4 is 5.56 Å². The van der Waals surface area contributed by atoms with E-state index in [1.165, 1.54) is 21.8 Å². The SMILES string of the molecule is O=C(CCc1nc(-c2ccsc2)no1)OCc1cc(=O)n2ccsc2n1. The van der Waals surface area contributed by atoms with Gasteiger partial charge in [0, 0.05) is 35.0 Å². The Morgan fingerprint density at radius 2 is 2.23 bits per heavy atom. The van der Waals surface area contributed by atoms with E-state index in [0.717, 1.165) is 5.56 Å². The maximum Gasteiger partial charge on any atom is 0.306 e. The summed E-state index contributed by atoms with van der Waals surface area (Å²) in [5.41, 5.74) is 1.10. The summed E-state index contributed by atoms with van der Waals surface area (Å²) in [6.45, 7) is -0.0491. The molecule has 4 rings (SSSR count). The number of rotatable bonds is 6. The summed E-state index contributed by atoms with van der Waals surface area (Å²) in [4.78, 5) is 32.9. The monoisotopic (exact) mass is 388 g/mol. The zero-order valence-electron chi connectivity index (χ0n) is 13.3. The van der Waals surface area contributed by atoms with Crippen LogP contribution in [0.1, 0.15) is 18.0 Å². The van der Waals surface area contributed by atoms with Gasteiger partial charge >= 0.3 is 5.97 Å². The maximum absolute atomic E-state index is 11.9. The Kier molecular flexibility index (Phi) is 4.59. The van der Waals surface area contributed by atoms with E-state index in [0.29, 0.717) is 22.4 Å². The zero-order valence-corrected chi connectivity index (χ0v) is 15.0. The van der Waals surface area contributed by atoms with Crippen LogP contribution in [0.3, 0.4) is 0 Å². The quantitative estimate of drug-likeness (QED) is 0.468. The number of hydrogen-bond donors (Lipinski definition) is 0. The molecule has 0 saturated carbocycles. The first-order valence-electron chi connectivity index (χ1n) is 7.65. The van der Waals surface area contributed by atoms with E-state index in [2.05, 4.69) is 15.1 Å². The summed E-state index contributed by atoms with van der Waals surface area (Å²) >= 11 is 2.89. The molecule has 0 fully saturated rings. The largest absolute Gasteiger partial charge is 0.459 e. The molecule has 0 aliphatic rings. The van der Waals surface area contributed by atoms with Crippen LogP contribution in [0.4, 0.5) is 0 Å². The smallest absolute Gasteiger partial charge is 0.306 e. The van der Waals surface area contributed by atoms with Crippen LogP contribution in [0.2, 0.25) is 0 Å². The summed E-state index contributed by atoms with van der Waals surface area (Å²) < 4.78 is 11.8. The molecule has 0 radical (unpaired) electrons. The van der Waals surface area contributed by atoms with Gasteiger partial charge in [-0.2, -0.15) is 16.3 Å². The molecule has 0 atom stereocenters. The molecule has 0 aliphatic carbocycles. The van der Waals surface area contributed by atoms with Crippen molar-refractivity contribution in [2.75, 3.05) is 0 Å². The van der Waals surface area contributed by atoms with Gasteiger partial charge in [-0.05, 0) is 11.4 Å². The minimum atomic E-state index is -0.423. The molecule has 0 amide bonds. The Morgan fingerprint density at radius 3 is 3.08 bits per heavy atom. The number of thiophene rings is 1. The molecule has 0 spiro atoms. The van der Waals surface area contributed by atoms with Gasteiger partial charge < -0.3 is 9.26 Å². The van der Waals surface area contributed by atoms with Crippen molar-refractivity contribution in [3.63, 3.8) is 0 Å². The molecular weight excluding hydrogens is 376 g/mol. The number of ether oxygens (including phenoxy) is 1. The van der Waals surface area contributed by atoms with Gasteiger partial charge in [0.05, 0.1) is 12.1 Å². The second-order valence-electron chi connectivity index (χ2n) is 5.33. The second kappa shape index (κ2) is 7.18. The number of carbonyl (C=O) groups excluding carboxylic acids is 1. The van der Waals surface area contributed by atoms with Crippen molar-refractivity contribution < 1.29 is 14.1 Å². The van der Waals surface area contributed by atoms with Crippen molar-refractivity contribution >= 4 is 33.6 Å². The van der Waals surface area contributed by atoms with E-state index in [-0.39, 0.29) is 25.0 Å². The molecule has 0 aromatic carbocycles.